The maximum atomic E-state index is 12.1. The number of aliphatic hydroxyl groups excluding tert-OH is 1. The second kappa shape index (κ2) is 9.60. The molecule has 2 aromatic heterocycles. The van der Waals surface area contributed by atoms with Crippen LogP contribution in [0.5, 0.6) is 17.4 Å². The first-order valence-electron chi connectivity index (χ1n) is 8.55. The number of aliphatic hydroxyl groups is 1. The number of nitrogens with one attached hydrogen (secondary N) is 1. The van der Waals surface area contributed by atoms with Crippen molar-refractivity contribution in [3.05, 3.63) is 48.5 Å². The summed E-state index contributed by atoms with van der Waals surface area (Å²) in [5, 5.41) is 23.9. The Morgan fingerprint density at radius 3 is 2.50 bits per heavy atom. The molecule has 0 aliphatic heterocycles. The van der Waals surface area contributed by atoms with Gasteiger partial charge in [0, 0.05) is 18.1 Å². The van der Waals surface area contributed by atoms with Crippen molar-refractivity contribution in [1.29, 1.82) is 0 Å². The highest BCUT2D eigenvalue weighted by Crippen LogP contribution is 2.25. The molecule has 3 aromatic rings. The topological polar surface area (TPSA) is 140 Å². The first kappa shape index (κ1) is 20.9. The molecule has 1 amide bonds. The SMILES string of the molecule is O=C(O)N[C@H](CO)Cc1nc(-c2ccc(Oc3ccc(OC(F)F)cn3)cc2)no1. The Morgan fingerprint density at radius 2 is 1.90 bits per heavy atom. The minimum absolute atomic E-state index is 0.0356. The number of halogens is 2. The highest BCUT2D eigenvalue weighted by molar-refractivity contribution is 5.64. The molecular formula is C18H16F2N4O6. The highest BCUT2D eigenvalue weighted by atomic mass is 19.3. The Bertz CT molecular complexity index is 966. The largest absolute Gasteiger partial charge is 0.465 e. The van der Waals surface area contributed by atoms with Crippen LogP contribution >= 0.6 is 0 Å². The van der Waals surface area contributed by atoms with E-state index in [-0.39, 0.29) is 29.8 Å². The monoisotopic (exact) mass is 422 g/mol. The number of ether oxygens (including phenoxy) is 2. The Kier molecular flexibility index (Phi) is 6.70. The van der Waals surface area contributed by atoms with E-state index >= 15 is 0 Å². The molecule has 0 unspecified atom stereocenters. The van der Waals surface area contributed by atoms with E-state index in [0.717, 1.165) is 6.20 Å². The van der Waals surface area contributed by atoms with Crippen LogP contribution in [-0.4, -0.2) is 50.7 Å². The van der Waals surface area contributed by atoms with Gasteiger partial charge in [0.15, 0.2) is 0 Å². The fourth-order valence-corrected chi connectivity index (χ4v) is 2.39. The molecule has 10 nitrogen and oxygen atoms in total. The molecule has 0 saturated heterocycles. The van der Waals surface area contributed by atoms with Gasteiger partial charge in [-0.2, -0.15) is 13.8 Å². The van der Waals surface area contributed by atoms with Crippen LogP contribution in [0.1, 0.15) is 5.89 Å². The van der Waals surface area contributed by atoms with Crippen LogP contribution in [0.3, 0.4) is 0 Å². The van der Waals surface area contributed by atoms with E-state index in [0.29, 0.717) is 11.3 Å². The van der Waals surface area contributed by atoms with Gasteiger partial charge in [-0.1, -0.05) is 5.16 Å². The Labute approximate surface area is 168 Å². The van der Waals surface area contributed by atoms with Crippen LogP contribution in [0.25, 0.3) is 11.4 Å². The number of hydrogen-bond donors (Lipinski definition) is 3. The summed E-state index contributed by atoms with van der Waals surface area (Å²) in [7, 11) is 0. The van der Waals surface area contributed by atoms with E-state index in [1.165, 1.54) is 12.1 Å². The molecule has 0 saturated carbocycles. The second-order valence-electron chi connectivity index (χ2n) is 5.88. The third-order valence-corrected chi connectivity index (χ3v) is 3.71. The van der Waals surface area contributed by atoms with Crippen molar-refractivity contribution in [2.24, 2.45) is 0 Å². The van der Waals surface area contributed by atoms with Crippen molar-refractivity contribution >= 4 is 6.09 Å². The molecule has 0 spiro atoms. The molecule has 12 heteroatoms. The number of rotatable bonds is 9. The van der Waals surface area contributed by atoms with E-state index in [1.54, 1.807) is 24.3 Å². The molecule has 1 atom stereocenters. The molecule has 0 fully saturated rings. The van der Waals surface area contributed by atoms with Crippen LogP contribution in [0, 0.1) is 0 Å². The number of alkyl halides is 2. The van der Waals surface area contributed by atoms with Crippen LogP contribution in [0.2, 0.25) is 0 Å². The van der Waals surface area contributed by atoms with Gasteiger partial charge in [-0.05, 0) is 30.3 Å². The first-order valence-corrected chi connectivity index (χ1v) is 8.55. The molecule has 3 rings (SSSR count). The number of pyridine rings is 1. The fourth-order valence-electron chi connectivity index (χ4n) is 2.39. The lowest BCUT2D eigenvalue weighted by Gasteiger charge is -2.10. The lowest BCUT2D eigenvalue weighted by atomic mass is 10.2. The average molecular weight is 422 g/mol. The molecule has 2 heterocycles. The Balaban J connectivity index is 1.62. The maximum Gasteiger partial charge on any atom is 0.404 e. The van der Waals surface area contributed by atoms with E-state index in [1.807, 2.05) is 0 Å². The lowest BCUT2D eigenvalue weighted by Crippen LogP contribution is -2.38. The van der Waals surface area contributed by atoms with Gasteiger partial charge in [-0.3, -0.25) is 0 Å². The maximum absolute atomic E-state index is 12.1. The molecular weight excluding hydrogens is 406 g/mol. The molecule has 0 aliphatic carbocycles. The molecule has 30 heavy (non-hydrogen) atoms. The number of aromatic nitrogens is 3. The Morgan fingerprint density at radius 1 is 1.17 bits per heavy atom. The van der Waals surface area contributed by atoms with Gasteiger partial charge in [0.1, 0.15) is 11.5 Å². The van der Waals surface area contributed by atoms with E-state index in [4.69, 9.17) is 14.4 Å². The summed E-state index contributed by atoms with van der Waals surface area (Å²) in [6, 6.07) is 8.51. The van der Waals surface area contributed by atoms with Crippen molar-refractivity contribution in [2.75, 3.05) is 6.61 Å². The van der Waals surface area contributed by atoms with Gasteiger partial charge in [0.05, 0.1) is 18.8 Å². The third kappa shape index (κ3) is 5.85. The smallest absolute Gasteiger partial charge is 0.404 e. The molecule has 1 aromatic carbocycles. The summed E-state index contributed by atoms with van der Waals surface area (Å²) >= 11 is 0. The number of hydrogen-bond acceptors (Lipinski definition) is 8. The zero-order valence-electron chi connectivity index (χ0n) is 15.2. The third-order valence-electron chi connectivity index (χ3n) is 3.71. The quantitative estimate of drug-likeness (QED) is 0.475. The lowest BCUT2D eigenvalue weighted by molar-refractivity contribution is -0.0501. The summed E-state index contributed by atoms with van der Waals surface area (Å²) in [6.45, 7) is -3.35. The first-order chi connectivity index (χ1) is 14.4. The standard InChI is InChI=1S/C18H16F2N4O6/c19-17(20)29-13-5-6-14(21-8-13)28-12-3-1-10(2-4-12)16-23-15(30-24-16)7-11(9-25)22-18(26)27/h1-6,8,11,17,22,25H,7,9H2,(H,26,27)/t11-/m0/s1. The number of carbonyl (C=O) groups is 1. The van der Waals surface area contributed by atoms with Crippen LogP contribution in [0.15, 0.2) is 47.1 Å². The summed E-state index contributed by atoms with van der Waals surface area (Å²) in [5.74, 6) is 0.974. The van der Waals surface area contributed by atoms with Crippen molar-refractivity contribution in [1.82, 2.24) is 20.4 Å². The summed E-state index contributed by atoms with van der Waals surface area (Å²) < 4.78 is 39.1. The minimum atomic E-state index is -2.93. The Hall–Kier alpha value is -3.80. The van der Waals surface area contributed by atoms with Gasteiger partial charge in [-0.15, -0.1) is 0 Å². The number of amides is 1. The predicted molar refractivity (Wildman–Crippen MR) is 96.4 cm³/mol. The second-order valence-corrected chi connectivity index (χ2v) is 5.88. The minimum Gasteiger partial charge on any atom is -0.465 e. The molecule has 3 N–H and O–H groups in total. The normalized spacial score (nSPS) is 11.9. The highest BCUT2D eigenvalue weighted by Gasteiger charge is 2.16. The van der Waals surface area contributed by atoms with Crippen LogP contribution in [-0.2, 0) is 6.42 Å². The zero-order valence-corrected chi connectivity index (χ0v) is 15.2. The van der Waals surface area contributed by atoms with E-state index in [9.17, 15) is 18.7 Å². The van der Waals surface area contributed by atoms with Gasteiger partial charge >= 0.3 is 12.7 Å². The van der Waals surface area contributed by atoms with Crippen LogP contribution in [0.4, 0.5) is 13.6 Å². The summed E-state index contributed by atoms with van der Waals surface area (Å²) in [6.07, 6.45) is -0.112. The van der Waals surface area contributed by atoms with E-state index in [2.05, 4.69) is 25.2 Å². The predicted octanol–water partition coefficient (Wildman–Crippen LogP) is 2.70. The summed E-state index contributed by atoms with van der Waals surface area (Å²) in [5.41, 5.74) is 0.609. The van der Waals surface area contributed by atoms with Crippen molar-refractivity contribution in [3.63, 3.8) is 0 Å². The number of carboxylic acid groups (broad SMARTS) is 1. The van der Waals surface area contributed by atoms with Gasteiger partial charge in [0.2, 0.25) is 17.6 Å². The average Bonchev–Trinajstić information content (AvgIpc) is 3.17. The van der Waals surface area contributed by atoms with E-state index < -0.39 is 25.4 Å². The van der Waals surface area contributed by atoms with Crippen molar-refractivity contribution in [2.45, 2.75) is 19.1 Å². The summed E-state index contributed by atoms with van der Waals surface area (Å²) in [4.78, 5) is 18.7. The number of nitrogens with zero attached hydrogens (tertiary/aromatic N) is 3. The molecule has 0 bridgehead atoms. The molecule has 0 aliphatic rings. The molecule has 158 valence electrons. The van der Waals surface area contributed by atoms with Gasteiger partial charge < -0.3 is 29.5 Å². The fraction of sp³-hybridized carbons (Fsp3) is 0.222. The molecule has 0 radical (unpaired) electrons. The van der Waals surface area contributed by atoms with Gasteiger partial charge in [0.25, 0.3) is 0 Å². The van der Waals surface area contributed by atoms with Crippen LogP contribution < -0.4 is 14.8 Å². The van der Waals surface area contributed by atoms with Gasteiger partial charge in [-0.25, -0.2) is 9.78 Å². The number of benzene rings is 1. The van der Waals surface area contributed by atoms with Crippen molar-refractivity contribution < 1.29 is 37.8 Å². The van der Waals surface area contributed by atoms with Crippen molar-refractivity contribution in [3.8, 4) is 28.8 Å². The zero-order chi connectivity index (χ0) is 21.5.